The minimum Gasteiger partial charge on any atom is -0.496 e. The number of halogens is 1. The van der Waals surface area contributed by atoms with Crippen molar-refractivity contribution in [3.63, 3.8) is 0 Å². The van der Waals surface area contributed by atoms with E-state index in [1.54, 1.807) is 7.11 Å². The molecule has 2 rings (SSSR count). The van der Waals surface area contributed by atoms with E-state index >= 15 is 0 Å². The first kappa shape index (κ1) is 13.0. The van der Waals surface area contributed by atoms with Crippen molar-refractivity contribution in [3.05, 3.63) is 33.1 Å². The van der Waals surface area contributed by atoms with Crippen LogP contribution in [-0.2, 0) is 11.2 Å². The minimum atomic E-state index is -0.869. The molecule has 0 aliphatic rings. The van der Waals surface area contributed by atoms with Crippen LogP contribution >= 0.6 is 27.3 Å². The van der Waals surface area contributed by atoms with Crippen LogP contribution in [-0.4, -0.2) is 23.2 Å². The number of rotatable bonds is 4. The Balaban J connectivity index is 2.28. The van der Waals surface area contributed by atoms with Crippen molar-refractivity contribution >= 4 is 33.2 Å². The normalized spacial score (nSPS) is 10.3. The SMILES string of the molecule is COc1ccc(-c2csc(CC(=O)O)n2)cc1Br. The second-order valence-electron chi connectivity index (χ2n) is 3.55. The molecule has 1 N–H and O–H groups in total. The van der Waals surface area contributed by atoms with Crippen LogP contribution in [0.5, 0.6) is 5.75 Å². The summed E-state index contributed by atoms with van der Waals surface area (Å²) in [7, 11) is 1.60. The monoisotopic (exact) mass is 327 g/mol. The number of thiazole rings is 1. The molecule has 0 spiro atoms. The molecule has 0 amide bonds. The van der Waals surface area contributed by atoms with E-state index in [1.807, 2.05) is 23.6 Å². The maximum atomic E-state index is 10.6. The number of carbonyl (C=O) groups is 1. The number of benzene rings is 1. The van der Waals surface area contributed by atoms with Gasteiger partial charge in [0.1, 0.15) is 10.8 Å². The Morgan fingerprint density at radius 2 is 2.33 bits per heavy atom. The van der Waals surface area contributed by atoms with Crippen molar-refractivity contribution in [2.24, 2.45) is 0 Å². The van der Waals surface area contributed by atoms with E-state index < -0.39 is 5.97 Å². The van der Waals surface area contributed by atoms with Crippen LogP contribution in [0.15, 0.2) is 28.1 Å². The zero-order valence-electron chi connectivity index (χ0n) is 9.51. The van der Waals surface area contributed by atoms with Crippen molar-refractivity contribution in [3.8, 4) is 17.0 Å². The number of methoxy groups -OCH3 is 1. The molecule has 2 aromatic rings. The van der Waals surface area contributed by atoms with Crippen LogP contribution in [0.3, 0.4) is 0 Å². The zero-order valence-corrected chi connectivity index (χ0v) is 11.9. The third-order valence-corrected chi connectivity index (χ3v) is 3.77. The Morgan fingerprint density at radius 1 is 1.56 bits per heavy atom. The summed E-state index contributed by atoms with van der Waals surface area (Å²) in [6, 6.07) is 5.64. The zero-order chi connectivity index (χ0) is 13.1. The molecule has 0 saturated carbocycles. The molecule has 0 fully saturated rings. The van der Waals surface area contributed by atoms with Gasteiger partial charge in [-0.3, -0.25) is 4.79 Å². The number of carboxylic acid groups (broad SMARTS) is 1. The molecule has 0 unspecified atom stereocenters. The Bertz CT molecular complexity index is 582. The molecule has 0 radical (unpaired) electrons. The third kappa shape index (κ3) is 2.88. The molecule has 1 aromatic carbocycles. The minimum absolute atomic E-state index is 0.0397. The van der Waals surface area contributed by atoms with Crippen molar-refractivity contribution in [1.29, 1.82) is 0 Å². The van der Waals surface area contributed by atoms with Crippen molar-refractivity contribution in [2.75, 3.05) is 7.11 Å². The lowest BCUT2D eigenvalue weighted by Crippen LogP contribution is -1.99. The van der Waals surface area contributed by atoms with Crippen LogP contribution in [0.4, 0.5) is 0 Å². The highest BCUT2D eigenvalue weighted by Crippen LogP contribution is 2.31. The van der Waals surface area contributed by atoms with Crippen LogP contribution in [0.25, 0.3) is 11.3 Å². The Morgan fingerprint density at radius 3 is 2.94 bits per heavy atom. The molecule has 0 atom stereocenters. The topological polar surface area (TPSA) is 59.4 Å². The van der Waals surface area contributed by atoms with Crippen LogP contribution in [0.2, 0.25) is 0 Å². The maximum absolute atomic E-state index is 10.6. The Hall–Kier alpha value is -1.40. The van der Waals surface area contributed by atoms with Gasteiger partial charge in [-0.1, -0.05) is 0 Å². The van der Waals surface area contributed by atoms with E-state index in [2.05, 4.69) is 20.9 Å². The molecule has 94 valence electrons. The first-order chi connectivity index (χ1) is 8.60. The highest BCUT2D eigenvalue weighted by atomic mass is 79.9. The van der Waals surface area contributed by atoms with Gasteiger partial charge >= 0.3 is 5.97 Å². The second kappa shape index (κ2) is 5.49. The number of aromatic nitrogens is 1. The van der Waals surface area contributed by atoms with Gasteiger partial charge in [0.25, 0.3) is 0 Å². The molecular weight excluding hydrogens is 318 g/mol. The van der Waals surface area contributed by atoms with Gasteiger partial charge in [0, 0.05) is 10.9 Å². The summed E-state index contributed by atoms with van der Waals surface area (Å²) in [4.78, 5) is 14.9. The average molecular weight is 328 g/mol. The molecule has 0 aliphatic carbocycles. The quantitative estimate of drug-likeness (QED) is 0.936. The summed E-state index contributed by atoms with van der Waals surface area (Å²) in [5, 5.41) is 11.2. The van der Waals surface area contributed by atoms with Gasteiger partial charge in [0.05, 0.1) is 23.7 Å². The molecular formula is C12H10BrNO3S. The Labute approximate surface area is 116 Å². The molecule has 0 saturated heterocycles. The van der Waals surface area contributed by atoms with E-state index in [-0.39, 0.29) is 6.42 Å². The third-order valence-electron chi connectivity index (χ3n) is 2.30. The number of hydrogen-bond acceptors (Lipinski definition) is 4. The number of nitrogens with zero attached hydrogens (tertiary/aromatic N) is 1. The van der Waals surface area contributed by atoms with E-state index in [0.29, 0.717) is 5.01 Å². The molecule has 0 aliphatic heterocycles. The van der Waals surface area contributed by atoms with Gasteiger partial charge in [0.2, 0.25) is 0 Å². The smallest absolute Gasteiger partial charge is 0.310 e. The van der Waals surface area contributed by atoms with E-state index in [0.717, 1.165) is 21.5 Å². The predicted molar refractivity (Wildman–Crippen MR) is 73.1 cm³/mol. The molecule has 18 heavy (non-hydrogen) atoms. The van der Waals surface area contributed by atoms with Gasteiger partial charge in [-0.25, -0.2) is 4.98 Å². The van der Waals surface area contributed by atoms with Gasteiger partial charge < -0.3 is 9.84 Å². The largest absolute Gasteiger partial charge is 0.496 e. The Kier molecular flexibility index (Phi) is 3.98. The lowest BCUT2D eigenvalue weighted by Gasteiger charge is -2.04. The first-order valence-electron chi connectivity index (χ1n) is 5.10. The van der Waals surface area contributed by atoms with Gasteiger partial charge in [0.15, 0.2) is 0 Å². The molecule has 1 aromatic heterocycles. The summed E-state index contributed by atoms with van der Waals surface area (Å²) in [5.41, 5.74) is 1.70. The van der Waals surface area contributed by atoms with Gasteiger partial charge in [-0.2, -0.15) is 0 Å². The summed E-state index contributed by atoms with van der Waals surface area (Å²) in [5.74, 6) is -0.119. The summed E-state index contributed by atoms with van der Waals surface area (Å²) < 4.78 is 5.99. The number of ether oxygens (including phenoxy) is 1. The summed E-state index contributed by atoms with van der Waals surface area (Å²) in [6.07, 6.45) is -0.0397. The van der Waals surface area contributed by atoms with Gasteiger partial charge in [-0.05, 0) is 34.1 Å². The predicted octanol–water partition coefficient (Wildman–Crippen LogP) is 3.21. The first-order valence-corrected chi connectivity index (χ1v) is 6.77. The number of carboxylic acids is 1. The average Bonchev–Trinajstić information content (AvgIpc) is 2.76. The fraction of sp³-hybridized carbons (Fsp3) is 0.167. The van der Waals surface area contributed by atoms with E-state index in [9.17, 15) is 4.79 Å². The van der Waals surface area contributed by atoms with Crippen molar-refractivity contribution < 1.29 is 14.6 Å². The second-order valence-corrected chi connectivity index (χ2v) is 5.34. The summed E-state index contributed by atoms with van der Waals surface area (Å²) >= 11 is 4.76. The van der Waals surface area contributed by atoms with Crippen molar-refractivity contribution in [2.45, 2.75) is 6.42 Å². The standard InChI is InChI=1S/C12H10BrNO3S/c1-17-10-3-2-7(4-8(10)13)9-6-18-11(14-9)5-12(15)16/h2-4,6H,5H2,1H3,(H,15,16). The molecule has 4 nitrogen and oxygen atoms in total. The van der Waals surface area contributed by atoms with E-state index in [1.165, 1.54) is 11.3 Å². The van der Waals surface area contributed by atoms with Crippen LogP contribution in [0.1, 0.15) is 5.01 Å². The lowest BCUT2D eigenvalue weighted by molar-refractivity contribution is -0.136. The summed E-state index contributed by atoms with van der Waals surface area (Å²) in [6.45, 7) is 0. The number of aliphatic carboxylic acids is 1. The van der Waals surface area contributed by atoms with Crippen LogP contribution in [0, 0.1) is 0 Å². The maximum Gasteiger partial charge on any atom is 0.310 e. The molecule has 1 heterocycles. The number of hydrogen-bond donors (Lipinski definition) is 1. The van der Waals surface area contributed by atoms with E-state index in [4.69, 9.17) is 9.84 Å². The lowest BCUT2D eigenvalue weighted by atomic mass is 10.2. The molecule has 6 heteroatoms. The van der Waals surface area contributed by atoms with Gasteiger partial charge in [-0.15, -0.1) is 11.3 Å². The highest BCUT2D eigenvalue weighted by Gasteiger charge is 2.09. The fourth-order valence-electron chi connectivity index (χ4n) is 1.48. The molecule has 0 bridgehead atoms. The fourth-order valence-corrected chi connectivity index (χ4v) is 2.81. The van der Waals surface area contributed by atoms with Crippen LogP contribution < -0.4 is 4.74 Å². The van der Waals surface area contributed by atoms with Crippen molar-refractivity contribution in [1.82, 2.24) is 4.98 Å². The highest BCUT2D eigenvalue weighted by molar-refractivity contribution is 9.10.